The first-order chi connectivity index (χ1) is 13.7. The van der Waals surface area contributed by atoms with Crippen molar-refractivity contribution >= 4 is 5.91 Å². The number of hydrogen-bond acceptors (Lipinski definition) is 5. The van der Waals surface area contributed by atoms with E-state index < -0.39 is 0 Å². The van der Waals surface area contributed by atoms with Gasteiger partial charge in [0.2, 0.25) is 0 Å². The summed E-state index contributed by atoms with van der Waals surface area (Å²) < 4.78 is 2.16. The third-order valence-corrected chi connectivity index (χ3v) is 5.29. The summed E-state index contributed by atoms with van der Waals surface area (Å²) in [6.07, 6.45) is 11.0. The predicted octanol–water partition coefficient (Wildman–Crippen LogP) is 3.08. The number of rotatable bonds is 4. The molecule has 0 bridgehead atoms. The Morgan fingerprint density at radius 3 is 2.89 bits per heavy atom. The molecule has 0 aliphatic carbocycles. The lowest BCUT2D eigenvalue weighted by molar-refractivity contribution is 0.0701. The summed E-state index contributed by atoms with van der Waals surface area (Å²) in [5.74, 6) is 1.92. The van der Waals surface area contributed by atoms with Gasteiger partial charge in [-0.15, -0.1) is 0 Å². The van der Waals surface area contributed by atoms with Gasteiger partial charge in [0.1, 0.15) is 5.82 Å². The van der Waals surface area contributed by atoms with Crippen LogP contribution in [-0.4, -0.2) is 48.4 Å². The van der Waals surface area contributed by atoms with E-state index in [1.54, 1.807) is 18.6 Å². The van der Waals surface area contributed by atoms with E-state index >= 15 is 0 Å². The number of nitrogens with zero attached hydrogens (tertiary/aromatic N) is 6. The van der Waals surface area contributed by atoms with Crippen LogP contribution in [0.3, 0.4) is 0 Å². The molecule has 0 saturated carbocycles. The molecule has 3 aromatic heterocycles. The van der Waals surface area contributed by atoms with Gasteiger partial charge >= 0.3 is 0 Å². The fraction of sp³-hybridized carbons (Fsp3) is 0.381. The molecule has 1 saturated heterocycles. The number of hydrogen-bond donors (Lipinski definition) is 0. The number of carbonyl (C=O) groups excluding carboxylic acids is 1. The van der Waals surface area contributed by atoms with Crippen molar-refractivity contribution in [3.05, 3.63) is 60.2 Å². The van der Waals surface area contributed by atoms with Gasteiger partial charge in [0, 0.05) is 62.1 Å². The van der Waals surface area contributed by atoms with Crippen molar-refractivity contribution in [2.75, 3.05) is 13.1 Å². The Bertz CT molecular complexity index is 968. The highest BCUT2D eigenvalue weighted by Gasteiger charge is 2.29. The SMILES string of the molecule is CCn1ccnc1C1CCCN(C(=O)c2cnc(-c3cccnc3)nc2C)C1. The number of piperidine rings is 1. The molecular weight excluding hydrogens is 352 g/mol. The van der Waals surface area contributed by atoms with Gasteiger partial charge in [-0.05, 0) is 38.8 Å². The molecule has 3 aromatic rings. The Morgan fingerprint density at radius 2 is 2.14 bits per heavy atom. The van der Waals surface area contributed by atoms with Crippen LogP contribution < -0.4 is 0 Å². The molecule has 1 aliphatic heterocycles. The van der Waals surface area contributed by atoms with Crippen LogP contribution in [0.5, 0.6) is 0 Å². The van der Waals surface area contributed by atoms with Gasteiger partial charge in [-0.3, -0.25) is 9.78 Å². The number of carbonyl (C=O) groups is 1. The Kier molecular flexibility index (Phi) is 5.14. The molecule has 1 atom stereocenters. The molecule has 0 aromatic carbocycles. The molecule has 4 rings (SSSR count). The van der Waals surface area contributed by atoms with Crippen LogP contribution in [0.2, 0.25) is 0 Å². The van der Waals surface area contributed by atoms with Gasteiger partial charge in [-0.25, -0.2) is 15.0 Å². The fourth-order valence-corrected chi connectivity index (χ4v) is 3.80. The van der Waals surface area contributed by atoms with E-state index in [-0.39, 0.29) is 11.8 Å². The van der Waals surface area contributed by atoms with E-state index in [1.807, 2.05) is 36.4 Å². The molecule has 1 aliphatic rings. The molecule has 4 heterocycles. The number of likely N-dealkylation sites (tertiary alicyclic amines) is 1. The van der Waals surface area contributed by atoms with E-state index in [9.17, 15) is 4.79 Å². The smallest absolute Gasteiger partial charge is 0.257 e. The summed E-state index contributed by atoms with van der Waals surface area (Å²) in [4.78, 5) is 32.6. The van der Waals surface area contributed by atoms with Crippen molar-refractivity contribution < 1.29 is 4.79 Å². The first-order valence-corrected chi connectivity index (χ1v) is 9.71. The van der Waals surface area contributed by atoms with Gasteiger partial charge in [-0.2, -0.15) is 0 Å². The summed E-state index contributed by atoms with van der Waals surface area (Å²) >= 11 is 0. The second-order valence-electron chi connectivity index (χ2n) is 7.10. The fourth-order valence-electron chi connectivity index (χ4n) is 3.80. The average molecular weight is 376 g/mol. The lowest BCUT2D eigenvalue weighted by Crippen LogP contribution is -2.40. The quantitative estimate of drug-likeness (QED) is 0.699. The lowest BCUT2D eigenvalue weighted by atomic mass is 9.96. The molecule has 1 fully saturated rings. The maximum atomic E-state index is 13.1. The molecule has 144 valence electrons. The van der Waals surface area contributed by atoms with E-state index in [1.165, 1.54) is 0 Å². The van der Waals surface area contributed by atoms with Gasteiger partial charge in [0.15, 0.2) is 5.82 Å². The van der Waals surface area contributed by atoms with E-state index in [2.05, 4.69) is 31.4 Å². The maximum absolute atomic E-state index is 13.1. The molecule has 7 nitrogen and oxygen atoms in total. The van der Waals surface area contributed by atoms with Crippen molar-refractivity contribution in [2.24, 2.45) is 0 Å². The van der Waals surface area contributed by atoms with Crippen molar-refractivity contribution in [1.29, 1.82) is 0 Å². The highest BCUT2D eigenvalue weighted by Crippen LogP contribution is 2.27. The van der Waals surface area contributed by atoms with Crippen molar-refractivity contribution in [3.8, 4) is 11.4 Å². The monoisotopic (exact) mass is 376 g/mol. The molecule has 1 unspecified atom stereocenters. The van der Waals surface area contributed by atoms with E-state index in [0.29, 0.717) is 23.6 Å². The van der Waals surface area contributed by atoms with Crippen LogP contribution in [0.4, 0.5) is 0 Å². The third-order valence-electron chi connectivity index (χ3n) is 5.29. The molecular formula is C21H24N6O. The molecule has 0 spiro atoms. The van der Waals surface area contributed by atoms with Crippen LogP contribution in [-0.2, 0) is 6.54 Å². The van der Waals surface area contributed by atoms with E-state index in [0.717, 1.165) is 37.3 Å². The van der Waals surface area contributed by atoms with Crippen molar-refractivity contribution in [2.45, 2.75) is 39.2 Å². The molecule has 7 heteroatoms. The normalized spacial score (nSPS) is 16.9. The highest BCUT2D eigenvalue weighted by atomic mass is 16.2. The number of aromatic nitrogens is 5. The Balaban J connectivity index is 1.54. The Labute approximate surface area is 164 Å². The molecule has 0 radical (unpaired) electrons. The van der Waals surface area contributed by atoms with E-state index in [4.69, 9.17) is 0 Å². The van der Waals surface area contributed by atoms with Crippen LogP contribution in [0.1, 0.15) is 47.6 Å². The average Bonchev–Trinajstić information content (AvgIpc) is 3.23. The zero-order valence-electron chi connectivity index (χ0n) is 16.2. The number of aryl methyl sites for hydroxylation is 2. The summed E-state index contributed by atoms with van der Waals surface area (Å²) in [5, 5.41) is 0. The first-order valence-electron chi connectivity index (χ1n) is 9.71. The predicted molar refractivity (Wildman–Crippen MR) is 106 cm³/mol. The largest absolute Gasteiger partial charge is 0.338 e. The highest BCUT2D eigenvalue weighted by molar-refractivity contribution is 5.95. The van der Waals surface area contributed by atoms with Crippen LogP contribution in [0, 0.1) is 6.92 Å². The van der Waals surface area contributed by atoms with Gasteiger partial charge in [-0.1, -0.05) is 0 Å². The van der Waals surface area contributed by atoms with Gasteiger partial charge in [0.05, 0.1) is 11.3 Å². The number of imidazole rings is 1. The Hall–Kier alpha value is -3.09. The molecule has 1 amide bonds. The van der Waals surface area contributed by atoms with Crippen LogP contribution in [0.25, 0.3) is 11.4 Å². The number of pyridine rings is 1. The molecule has 28 heavy (non-hydrogen) atoms. The Morgan fingerprint density at radius 1 is 1.25 bits per heavy atom. The number of amides is 1. The third kappa shape index (κ3) is 3.52. The standard InChI is InChI=1S/C21H24N6O/c1-3-26-11-9-23-20(26)17-7-5-10-27(14-17)21(28)18-13-24-19(25-15(18)2)16-6-4-8-22-12-16/h4,6,8-9,11-13,17H,3,5,7,10,14H2,1-2H3. The summed E-state index contributed by atoms with van der Waals surface area (Å²) in [5.41, 5.74) is 2.09. The van der Waals surface area contributed by atoms with Gasteiger partial charge in [0.25, 0.3) is 5.91 Å². The minimum absolute atomic E-state index is 0.00505. The maximum Gasteiger partial charge on any atom is 0.257 e. The lowest BCUT2D eigenvalue weighted by Gasteiger charge is -2.32. The molecule has 0 N–H and O–H groups in total. The zero-order valence-corrected chi connectivity index (χ0v) is 16.2. The van der Waals surface area contributed by atoms with Crippen molar-refractivity contribution in [1.82, 2.24) is 29.4 Å². The van der Waals surface area contributed by atoms with Crippen molar-refractivity contribution in [3.63, 3.8) is 0 Å². The minimum Gasteiger partial charge on any atom is -0.338 e. The second-order valence-corrected chi connectivity index (χ2v) is 7.10. The summed E-state index contributed by atoms with van der Waals surface area (Å²) in [7, 11) is 0. The second kappa shape index (κ2) is 7.88. The van der Waals surface area contributed by atoms with Crippen LogP contribution >= 0.6 is 0 Å². The first kappa shape index (κ1) is 18.3. The minimum atomic E-state index is -0.00505. The summed E-state index contributed by atoms with van der Waals surface area (Å²) in [6, 6.07) is 3.76. The summed E-state index contributed by atoms with van der Waals surface area (Å²) in [6.45, 7) is 6.30. The zero-order chi connectivity index (χ0) is 19.5. The topological polar surface area (TPSA) is 76.8 Å². The van der Waals surface area contributed by atoms with Gasteiger partial charge < -0.3 is 9.47 Å². The van der Waals surface area contributed by atoms with Crippen LogP contribution in [0.15, 0.2) is 43.1 Å².